The van der Waals surface area contributed by atoms with Crippen LogP contribution in [0.15, 0.2) is 194 Å². The summed E-state index contributed by atoms with van der Waals surface area (Å²) in [6.07, 6.45) is 0. The molecule has 58 heavy (non-hydrogen) atoms. The minimum absolute atomic E-state index is 0.652. The first-order chi connectivity index (χ1) is 28.7. The molecule has 0 saturated heterocycles. The standard InChI is InChI=1S/C54H32N4/c1-2-14-36-31-51-45(30-35(36)13-1)43-17-8-10-20-48(43)57(51)39-25-28-49-46(32-39)52-42-16-6-4-12-34(42)24-27-50(52)58(49)54-55-47-19-9-7-18-44(47)53(56-54)38-23-26-41-37(29-38)22-21-33-11-3-5-15-40(33)41/h1-32H. The summed E-state index contributed by atoms with van der Waals surface area (Å²) in [4.78, 5) is 10.8. The quantitative estimate of drug-likeness (QED) is 0.169. The van der Waals surface area contributed by atoms with Gasteiger partial charge >= 0.3 is 0 Å². The van der Waals surface area contributed by atoms with Crippen LogP contribution in [0.5, 0.6) is 0 Å². The second-order valence-corrected chi connectivity index (χ2v) is 15.4. The van der Waals surface area contributed by atoms with E-state index in [1.165, 1.54) is 70.3 Å². The smallest absolute Gasteiger partial charge is 0.235 e. The molecule has 0 bridgehead atoms. The van der Waals surface area contributed by atoms with E-state index in [1.54, 1.807) is 0 Å². The fraction of sp³-hybridized carbons (Fsp3) is 0. The third kappa shape index (κ3) is 4.45. The van der Waals surface area contributed by atoms with Crippen LogP contribution in [0, 0.1) is 0 Å². The van der Waals surface area contributed by atoms with Crippen LogP contribution in [-0.4, -0.2) is 19.1 Å². The van der Waals surface area contributed by atoms with Gasteiger partial charge in [-0.25, -0.2) is 9.97 Å². The van der Waals surface area contributed by atoms with Crippen LogP contribution < -0.4 is 0 Å². The highest BCUT2D eigenvalue weighted by Gasteiger charge is 2.21. The SMILES string of the molecule is c1ccc2cc3c(cc2c1)c1ccccc1n3-c1ccc2c(c1)c1c3ccccc3ccc1n2-c1nc(-c2ccc3c(ccc4ccccc43)c2)c2ccccc2n1. The van der Waals surface area contributed by atoms with Crippen molar-refractivity contribution in [3.05, 3.63) is 194 Å². The van der Waals surface area contributed by atoms with E-state index in [1.807, 2.05) is 0 Å². The molecule has 268 valence electrons. The van der Waals surface area contributed by atoms with Crippen molar-refractivity contribution in [1.29, 1.82) is 0 Å². The number of aromatic nitrogens is 4. The van der Waals surface area contributed by atoms with Gasteiger partial charge in [-0.15, -0.1) is 0 Å². The van der Waals surface area contributed by atoms with Crippen LogP contribution in [0.2, 0.25) is 0 Å². The first-order valence-corrected chi connectivity index (χ1v) is 19.8. The Hall–Kier alpha value is -7.82. The molecule has 0 amide bonds. The molecule has 3 aromatic heterocycles. The summed E-state index contributed by atoms with van der Waals surface area (Å²) in [6.45, 7) is 0. The predicted molar refractivity (Wildman–Crippen MR) is 244 cm³/mol. The van der Waals surface area contributed by atoms with Crippen molar-refractivity contribution < 1.29 is 0 Å². The predicted octanol–water partition coefficient (Wildman–Crippen LogP) is 14.1. The maximum Gasteiger partial charge on any atom is 0.235 e. The average Bonchev–Trinajstić information content (AvgIpc) is 3.79. The lowest BCUT2D eigenvalue weighted by Gasteiger charge is -2.13. The highest BCUT2D eigenvalue weighted by Crippen LogP contribution is 2.41. The van der Waals surface area contributed by atoms with Gasteiger partial charge in [0.2, 0.25) is 5.95 Å². The number of hydrogen-bond donors (Lipinski definition) is 0. The van der Waals surface area contributed by atoms with Crippen molar-refractivity contribution in [1.82, 2.24) is 19.1 Å². The minimum Gasteiger partial charge on any atom is -0.309 e. The fourth-order valence-electron chi connectivity index (χ4n) is 9.61. The Bertz CT molecular complexity index is 3870. The Morgan fingerprint density at radius 1 is 0.310 bits per heavy atom. The molecule has 13 aromatic rings. The molecule has 0 fully saturated rings. The maximum atomic E-state index is 5.49. The van der Waals surface area contributed by atoms with Gasteiger partial charge in [0.15, 0.2) is 0 Å². The molecule has 0 aliphatic rings. The van der Waals surface area contributed by atoms with Gasteiger partial charge in [-0.2, -0.15) is 0 Å². The molecule has 0 radical (unpaired) electrons. The van der Waals surface area contributed by atoms with Gasteiger partial charge in [0.25, 0.3) is 0 Å². The summed E-state index contributed by atoms with van der Waals surface area (Å²) >= 11 is 0. The van der Waals surface area contributed by atoms with Gasteiger partial charge in [0, 0.05) is 38.2 Å². The highest BCUT2D eigenvalue weighted by molar-refractivity contribution is 6.22. The van der Waals surface area contributed by atoms with E-state index < -0.39 is 0 Å². The largest absolute Gasteiger partial charge is 0.309 e. The van der Waals surface area contributed by atoms with E-state index >= 15 is 0 Å². The lowest BCUT2D eigenvalue weighted by molar-refractivity contribution is 1.01. The first kappa shape index (κ1) is 31.4. The van der Waals surface area contributed by atoms with Gasteiger partial charge in [-0.3, -0.25) is 4.57 Å². The van der Waals surface area contributed by atoms with Gasteiger partial charge in [-0.1, -0.05) is 140 Å². The molecule has 4 nitrogen and oxygen atoms in total. The molecule has 3 heterocycles. The van der Waals surface area contributed by atoms with E-state index in [9.17, 15) is 0 Å². The molecule has 0 N–H and O–H groups in total. The van der Waals surface area contributed by atoms with Crippen molar-refractivity contribution in [3.8, 4) is 22.9 Å². The zero-order valence-corrected chi connectivity index (χ0v) is 31.3. The molecular weight excluding hydrogens is 705 g/mol. The minimum atomic E-state index is 0.652. The molecule has 0 spiro atoms. The fourth-order valence-corrected chi connectivity index (χ4v) is 9.61. The number of fused-ring (bicyclic) bond motifs is 13. The number of rotatable bonds is 3. The maximum absolute atomic E-state index is 5.49. The molecule has 0 unspecified atom stereocenters. The molecule has 10 aromatic carbocycles. The first-order valence-electron chi connectivity index (χ1n) is 19.8. The Morgan fingerprint density at radius 3 is 1.79 bits per heavy atom. The summed E-state index contributed by atoms with van der Waals surface area (Å²) in [5.41, 5.74) is 8.52. The lowest BCUT2D eigenvalue weighted by atomic mass is 9.98. The summed E-state index contributed by atoms with van der Waals surface area (Å²) in [7, 11) is 0. The number of nitrogens with zero attached hydrogens (tertiary/aromatic N) is 4. The molecule has 0 atom stereocenters. The molecule has 0 aliphatic heterocycles. The Morgan fingerprint density at radius 2 is 0.931 bits per heavy atom. The van der Waals surface area contributed by atoms with Crippen LogP contribution in [0.4, 0.5) is 0 Å². The van der Waals surface area contributed by atoms with E-state index in [0.717, 1.165) is 44.3 Å². The summed E-state index contributed by atoms with van der Waals surface area (Å²) in [5, 5.41) is 15.7. The van der Waals surface area contributed by atoms with Gasteiger partial charge in [0.1, 0.15) is 0 Å². The van der Waals surface area contributed by atoms with E-state index in [4.69, 9.17) is 9.97 Å². The molecule has 0 aliphatic carbocycles. The summed E-state index contributed by atoms with van der Waals surface area (Å²) in [5.74, 6) is 0.652. The van der Waals surface area contributed by atoms with Crippen LogP contribution in [0.25, 0.3) is 120 Å². The van der Waals surface area contributed by atoms with Crippen molar-refractivity contribution >= 4 is 97.6 Å². The molecule has 13 rings (SSSR count). The van der Waals surface area contributed by atoms with Crippen LogP contribution in [0.1, 0.15) is 0 Å². The molecule has 0 saturated carbocycles. The van der Waals surface area contributed by atoms with Crippen LogP contribution in [0.3, 0.4) is 0 Å². The van der Waals surface area contributed by atoms with Crippen molar-refractivity contribution in [2.45, 2.75) is 0 Å². The average molecular weight is 737 g/mol. The lowest BCUT2D eigenvalue weighted by Crippen LogP contribution is -2.03. The van der Waals surface area contributed by atoms with E-state index in [-0.39, 0.29) is 0 Å². The third-order valence-electron chi connectivity index (χ3n) is 12.2. The Balaban J connectivity index is 1.09. The molecule has 4 heteroatoms. The van der Waals surface area contributed by atoms with Crippen molar-refractivity contribution in [3.63, 3.8) is 0 Å². The van der Waals surface area contributed by atoms with Gasteiger partial charge in [-0.05, 0) is 97.7 Å². The zero-order valence-electron chi connectivity index (χ0n) is 31.3. The Kier molecular flexibility index (Phi) is 6.41. The zero-order chi connectivity index (χ0) is 37.9. The van der Waals surface area contributed by atoms with Gasteiger partial charge in [0.05, 0.1) is 33.3 Å². The van der Waals surface area contributed by atoms with E-state index in [0.29, 0.717) is 5.95 Å². The monoisotopic (exact) mass is 736 g/mol. The topological polar surface area (TPSA) is 35.6 Å². The second-order valence-electron chi connectivity index (χ2n) is 15.4. The molecular formula is C54H32N4. The van der Waals surface area contributed by atoms with Crippen LogP contribution in [-0.2, 0) is 0 Å². The number of benzene rings is 10. The summed E-state index contributed by atoms with van der Waals surface area (Å²) in [6, 6.07) is 70.3. The van der Waals surface area contributed by atoms with Crippen molar-refractivity contribution in [2.24, 2.45) is 0 Å². The number of hydrogen-bond acceptors (Lipinski definition) is 2. The Labute approximate surface area is 332 Å². The highest BCUT2D eigenvalue weighted by atomic mass is 15.2. The number of para-hydroxylation sites is 2. The van der Waals surface area contributed by atoms with Crippen molar-refractivity contribution in [2.75, 3.05) is 0 Å². The van der Waals surface area contributed by atoms with Crippen LogP contribution >= 0.6 is 0 Å². The normalized spacial score (nSPS) is 12.1. The third-order valence-corrected chi connectivity index (χ3v) is 12.2. The van der Waals surface area contributed by atoms with Gasteiger partial charge < -0.3 is 4.57 Å². The summed E-state index contributed by atoms with van der Waals surface area (Å²) < 4.78 is 4.70. The van der Waals surface area contributed by atoms with E-state index in [2.05, 4.69) is 203 Å². The second kappa shape index (κ2) is 11.8.